The van der Waals surface area contributed by atoms with Crippen molar-refractivity contribution in [3.8, 4) is 0 Å². The van der Waals surface area contributed by atoms with Crippen LogP contribution in [0.4, 0.5) is 5.69 Å². The molecule has 1 aliphatic carbocycles. The number of primary amides is 1. The topological polar surface area (TPSA) is 55.1 Å². The summed E-state index contributed by atoms with van der Waals surface area (Å²) in [4.78, 5) is 11.9. The molecule has 1 atom stereocenters. The van der Waals surface area contributed by atoms with E-state index in [-0.39, 0.29) is 5.91 Å². The van der Waals surface area contributed by atoms with E-state index >= 15 is 0 Å². The van der Waals surface area contributed by atoms with Crippen LogP contribution in [0.5, 0.6) is 0 Å². The second-order valence-electron chi connectivity index (χ2n) is 5.39. The van der Waals surface area contributed by atoms with Crippen molar-refractivity contribution in [3.63, 3.8) is 0 Å². The number of hydrogen-bond acceptors (Lipinski definition) is 2. The number of carbonyl (C=O) groups is 1. The summed E-state index contributed by atoms with van der Waals surface area (Å²) in [7, 11) is 0. The average Bonchev–Trinajstić information content (AvgIpc) is 3.29. The van der Waals surface area contributed by atoms with Gasteiger partial charge >= 0.3 is 0 Å². The van der Waals surface area contributed by atoms with E-state index in [2.05, 4.69) is 11.4 Å². The van der Waals surface area contributed by atoms with Gasteiger partial charge in [0.15, 0.2) is 0 Å². The van der Waals surface area contributed by atoms with E-state index in [1.807, 2.05) is 30.3 Å². The normalized spacial score (nSPS) is 15.5. The second kappa shape index (κ2) is 5.78. The van der Waals surface area contributed by atoms with Crippen LogP contribution < -0.4 is 11.1 Å². The largest absolute Gasteiger partial charge is 0.370 e. The van der Waals surface area contributed by atoms with Crippen LogP contribution in [0.2, 0.25) is 5.02 Å². The number of halogens is 1. The molecule has 3 nitrogen and oxygen atoms in total. The fourth-order valence-electron chi connectivity index (χ4n) is 2.59. The Kier molecular flexibility index (Phi) is 3.84. The molecule has 0 bridgehead atoms. The summed E-state index contributed by atoms with van der Waals surface area (Å²) in [6, 6.07) is 14.8. The Balaban J connectivity index is 1.93. The predicted molar refractivity (Wildman–Crippen MR) is 85.4 cm³/mol. The number of nitrogens with one attached hydrogen (secondary N) is 1. The molecular weight excluding hydrogens is 284 g/mol. The zero-order valence-electron chi connectivity index (χ0n) is 11.6. The molecule has 108 valence electrons. The number of hydrogen-bond donors (Lipinski definition) is 2. The molecule has 1 amide bonds. The van der Waals surface area contributed by atoms with Crippen LogP contribution in [0.25, 0.3) is 0 Å². The number of rotatable bonds is 5. The first kappa shape index (κ1) is 14.0. The van der Waals surface area contributed by atoms with Gasteiger partial charge in [0.25, 0.3) is 0 Å². The summed E-state index contributed by atoms with van der Waals surface area (Å²) in [5, 5.41) is 3.82. The minimum absolute atomic E-state index is 0.386. The van der Waals surface area contributed by atoms with Crippen molar-refractivity contribution in [2.24, 2.45) is 5.73 Å². The van der Waals surface area contributed by atoms with Gasteiger partial charge in [0.05, 0.1) is 0 Å². The van der Waals surface area contributed by atoms with Gasteiger partial charge in [-0.3, -0.25) is 4.79 Å². The van der Waals surface area contributed by atoms with E-state index < -0.39 is 6.04 Å². The number of amides is 1. The van der Waals surface area contributed by atoms with Gasteiger partial charge in [-0.15, -0.1) is 0 Å². The Bertz CT molecular complexity index is 667. The summed E-state index contributed by atoms with van der Waals surface area (Å²) in [6.45, 7) is 0. The first-order valence-electron chi connectivity index (χ1n) is 7.05. The third kappa shape index (κ3) is 3.19. The van der Waals surface area contributed by atoms with Crippen LogP contribution >= 0.6 is 11.6 Å². The molecule has 3 N–H and O–H groups in total. The molecule has 0 aliphatic heterocycles. The lowest BCUT2D eigenvalue weighted by molar-refractivity contribution is -0.118. The molecule has 2 aromatic carbocycles. The predicted octanol–water partition coefficient (Wildman–Crippen LogP) is 3.86. The maximum absolute atomic E-state index is 11.9. The quantitative estimate of drug-likeness (QED) is 0.881. The minimum atomic E-state index is -0.541. The highest BCUT2D eigenvalue weighted by Crippen LogP contribution is 2.43. The molecule has 0 aromatic heterocycles. The van der Waals surface area contributed by atoms with Crippen LogP contribution in [-0.4, -0.2) is 5.91 Å². The third-order valence-corrected chi connectivity index (χ3v) is 3.98. The lowest BCUT2D eigenvalue weighted by Gasteiger charge is -2.20. The summed E-state index contributed by atoms with van der Waals surface area (Å²) < 4.78 is 0. The Morgan fingerprint density at radius 1 is 1.19 bits per heavy atom. The monoisotopic (exact) mass is 300 g/mol. The molecule has 1 saturated carbocycles. The molecule has 1 unspecified atom stereocenters. The van der Waals surface area contributed by atoms with Gasteiger partial charge in [-0.2, -0.15) is 0 Å². The summed E-state index contributed by atoms with van der Waals surface area (Å²) in [5.41, 5.74) is 8.58. The second-order valence-corrected chi connectivity index (χ2v) is 5.83. The van der Waals surface area contributed by atoms with Crippen LogP contribution in [0.1, 0.15) is 35.9 Å². The maximum Gasteiger partial charge on any atom is 0.244 e. The van der Waals surface area contributed by atoms with E-state index in [0.717, 1.165) is 11.3 Å². The highest BCUT2D eigenvalue weighted by Gasteiger charge is 2.29. The summed E-state index contributed by atoms with van der Waals surface area (Å²) in [5.74, 6) is 0.173. The molecular formula is C17H17ClN2O. The zero-order valence-corrected chi connectivity index (χ0v) is 12.3. The molecule has 4 heteroatoms. The number of benzene rings is 2. The van der Waals surface area contributed by atoms with Gasteiger partial charge in [-0.05, 0) is 48.1 Å². The highest BCUT2D eigenvalue weighted by atomic mass is 35.5. The Hall–Kier alpha value is -2.00. The van der Waals surface area contributed by atoms with Crippen LogP contribution in [0.15, 0.2) is 48.5 Å². The van der Waals surface area contributed by atoms with Gasteiger partial charge in [-0.25, -0.2) is 0 Å². The van der Waals surface area contributed by atoms with Crippen molar-refractivity contribution in [1.29, 1.82) is 0 Å². The lowest BCUT2D eigenvalue weighted by Crippen LogP contribution is -2.28. The molecule has 21 heavy (non-hydrogen) atoms. The van der Waals surface area contributed by atoms with Gasteiger partial charge in [-0.1, -0.05) is 41.9 Å². The first-order valence-corrected chi connectivity index (χ1v) is 7.43. The minimum Gasteiger partial charge on any atom is -0.370 e. The number of anilines is 1. The van der Waals surface area contributed by atoms with Gasteiger partial charge in [0, 0.05) is 10.7 Å². The fraction of sp³-hybridized carbons (Fsp3) is 0.235. The standard InChI is InChI=1S/C17H17ClN2O/c18-12-4-3-5-13(10-12)20-16(17(19)21)15-7-2-1-6-14(15)11-8-9-11/h1-7,10-11,16,20H,8-9H2,(H2,19,21). The molecule has 0 saturated heterocycles. The van der Waals surface area contributed by atoms with Crippen LogP contribution in [0.3, 0.4) is 0 Å². The molecule has 1 fully saturated rings. The molecule has 0 radical (unpaired) electrons. The molecule has 1 aliphatic rings. The highest BCUT2D eigenvalue weighted by molar-refractivity contribution is 6.30. The fourth-order valence-corrected chi connectivity index (χ4v) is 2.78. The van der Waals surface area contributed by atoms with Crippen molar-refractivity contribution in [2.45, 2.75) is 24.8 Å². The van der Waals surface area contributed by atoms with Gasteiger partial charge in [0.2, 0.25) is 5.91 Å². The van der Waals surface area contributed by atoms with E-state index in [1.165, 1.54) is 18.4 Å². The van der Waals surface area contributed by atoms with Crippen molar-refractivity contribution in [2.75, 3.05) is 5.32 Å². The Morgan fingerprint density at radius 3 is 2.62 bits per heavy atom. The zero-order chi connectivity index (χ0) is 14.8. The van der Waals surface area contributed by atoms with Gasteiger partial charge < -0.3 is 11.1 Å². The van der Waals surface area contributed by atoms with Crippen molar-refractivity contribution in [1.82, 2.24) is 0 Å². The SMILES string of the molecule is NC(=O)C(Nc1cccc(Cl)c1)c1ccccc1C1CC1. The van der Waals surface area contributed by atoms with Crippen LogP contribution in [0, 0.1) is 0 Å². The smallest absolute Gasteiger partial charge is 0.244 e. The third-order valence-electron chi connectivity index (χ3n) is 3.74. The van der Waals surface area contributed by atoms with E-state index in [1.54, 1.807) is 12.1 Å². The molecule has 2 aromatic rings. The Labute approximate surface area is 129 Å². The average molecular weight is 301 g/mol. The summed E-state index contributed by atoms with van der Waals surface area (Å²) >= 11 is 5.99. The number of carbonyl (C=O) groups excluding carboxylic acids is 1. The van der Waals surface area contributed by atoms with E-state index in [9.17, 15) is 4.79 Å². The van der Waals surface area contributed by atoms with Crippen molar-refractivity contribution < 1.29 is 4.79 Å². The maximum atomic E-state index is 11.9. The summed E-state index contributed by atoms with van der Waals surface area (Å²) in [6.07, 6.45) is 2.36. The molecule has 0 spiro atoms. The van der Waals surface area contributed by atoms with Gasteiger partial charge in [0.1, 0.15) is 6.04 Å². The number of nitrogens with two attached hydrogens (primary N) is 1. The first-order chi connectivity index (χ1) is 10.1. The van der Waals surface area contributed by atoms with E-state index in [0.29, 0.717) is 10.9 Å². The van der Waals surface area contributed by atoms with E-state index in [4.69, 9.17) is 17.3 Å². The molecule has 3 rings (SSSR count). The van der Waals surface area contributed by atoms with Crippen LogP contribution in [-0.2, 0) is 4.79 Å². The molecule has 0 heterocycles. The van der Waals surface area contributed by atoms with Crippen molar-refractivity contribution in [3.05, 3.63) is 64.7 Å². The van der Waals surface area contributed by atoms with Crippen molar-refractivity contribution >= 4 is 23.2 Å². The Morgan fingerprint density at radius 2 is 1.95 bits per heavy atom. The lowest BCUT2D eigenvalue weighted by atomic mass is 9.96.